The Morgan fingerprint density at radius 2 is 1.81 bits per heavy atom. The molecule has 0 saturated heterocycles. The molecule has 2 aromatic rings. The van der Waals surface area contributed by atoms with Gasteiger partial charge in [0.2, 0.25) is 0 Å². The number of hydrazine groups is 1. The number of aromatic nitrogens is 2. The smallest absolute Gasteiger partial charge is 0.150 e. The van der Waals surface area contributed by atoms with Gasteiger partial charge in [0.25, 0.3) is 0 Å². The number of nitrogen functional groups attached to an aromatic ring is 1. The summed E-state index contributed by atoms with van der Waals surface area (Å²) in [5, 5.41) is 2.68. The van der Waals surface area contributed by atoms with Crippen LogP contribution in [0.1, 0.15) is 18.9 Å². The van der Waals surface area contributed by atoms with E-state index in [4.69, 9.17) is 5.84 Å². The van der Waals surface area contributed by atoms with Crippen LogP contribution >= 0.6 is 15.9 Å². The molecule has 2 rings (SSSR count). The normalized spacial score (nSPS) is 10.5. The van der Waals surface area contributed by atoms with E-state index in [9.17, 15) is 8.78 Å². The Bertz CT molecular complexity index is 627. The fraction of sp³-hybridized carbons (Fsp3) is 0.231. The molecule has 112 valence electrons. The fourth-order valence-corrected chi connectivity index (χ4v) is 2.31. The zero-order chi connectivity index (χ0) is 15.4. The fourth-order valence-electron chi connectivity index (χ4n) is 1.91. The van der Waals surface area contributed by atoms with Crippen molar-refractivity contribution in [1.29, 1.82) is 0 Å². The summed E-state index contributed by atoms with van der Waals surface area (Å²) in [5.74, 6) is 4.71. The van der Waals surface area contributed by atoms with E-state index in [2.05, 4.69) is 36.6 Å². The molecule has 0 amide bonds. The van der Waals surface area contributed by atoms with Crippen LogP contribution in [-0.2, 0) is 6.42 Å². The summed E-state index contributed by atoms with van der Waals surface area (Å²) < 4.78 is 28.1. The SMILES string of the molecule is CCCc1c(NN)ncnc1Nc1c(F)cc(Br)cc1F. The minimum absolute atomic E-state index is 0.266. The Morgan fingerprint density at radius 1 is 1.19 bits per heavy atom. The van der Waals surface area contributed by atoms with Gasteiger partial charge in [-0.3, -0.25) is 0 Å². The number of nitrogens with zero attached hydrogens (tertiary/aromatic N) is 2. The maximum Gasteiger partial charge on any atom is 0.150 e. The second-order valence-corrected chi connectivity index (χ2v) is 5.23. The predicted octanol–water partition coefficient (Wildman–Crippen LogP) is 3.50. The van der Waals surface area contributed by atoms with Gasteiger partial charge in [-0.05, 0) is 18.6 Å². The van der Waals surface area contributed by atoms with Crippen LogP contribution in [0.15, 0.2) is 22.9 Å². The second-order valence-electron chi connectivity index (χ2n) is 4.31. The third kappa shape index (κ3) is 3.45. The third-order valence-corrected chi connectivity index (χ3v) is 3.29. The highest BCUT2D eigenvalue weighted by molar-refractivity contribution is 9.10. The quantitative estimate of drug-likeness (QED) is 0.564. The van der Waals surface area contributed by atoms with Gasteiger partial charge in [0.15, 0.2) is 11.6 Å². The number of anilines is 3. The number of benzene rings is 1. The van der Waals surface area contributed by atoms with Gasteiger partial charge < -0.3 is 10.7 Å². The largest absolute Gasteiger partial charge is 0.335 e. The number of hydrogen-bond acceptors (Lipinski definition) is 5. The molecular weight excluding hydrogens is 344 g/mol. The highest BCUT2D eigenvalue weighted by Crippen LogP contribution is 2.29. The first-order valence-corrected chi connectivity index (χ1v) is 7.08. The molecule has 1 aromatic carbocycles. The summed E-state index contributed by atoms with van der Waals surface area (Å²) in [7, 11) is 0. The van der Waals surface area contributed by atoms with Gasteiger partial charge >= 0.3 is 0 Å². The van der Waals surface area contributed by atoms with Crippen LogP contribution in [0.25, 0.3) is 0 Å². The van der Waals surface area contributed by atoms with E-state index in [1.54, 1.807) is 0 Å². The lowest BCUT2D eigenvalue weighted by Crippen LogP contribution is -2.13. The average molecular weight is 358 g/mol. The molecule has 0 fully saturated rings. The highest BCUT2D eigenvalue weighted by atomic mass is 79.9. The molecule has 1 heterocycles. The molecule has 1 aromatic heterocycles. The highest BCUT2D eigenvalue weighted by Gasteiger charge is 2.15. The van der Waals surface area contributed by atoms with Crippen LogP contribution in [0.3, 0.4) is 0 Å². The molecule has 8 heteroatoms. The summed E-state index contributed by atoms with van der Waals surface area (Å²) >= 11 is 3.03. The Hall–Kier alpha value is -1.80. The molecule has 4 N–H and O–H groups in total. The van der Waals surface area contributed by atoms with Crippen molar-refractivity contribution in [2.24, 2.45) is 5.84 Å². The minimum atomic E-state index is -0.717. The summed E-state index contributed by atoms with van der Waals surface area (Å²) in [6.45, 7) is 1.97. The Balaban J connectivity index is 2.44. The van der Waals surface area contributed by atoms with E-state index in [1.807, 2.05) is 6.92 Å². The number of nitrogens with two attached hydrogens (primary N) is 1. The van der Waals surface area contributed by atoms with E-state index in [-0.39, 0.29) is 5.69 Å². The third-order valence-electron chi connectivity index (χ3n) is 2.83. The van der Waals surface area contributed by atoms with Crippen LogP contribution in [0.4, 0.5) is 26.1 Å². The molecule has 0 bridgehead atoms. The monoisotopic (exact) mass is 357 g/mol. The summed E-state index contributed by atoms with van der Waals surface area (Å²) in [6.07, 6.45) is 2.69. The molecule has 5 nitrogen and oxygen atoms in total. The van der Waals surface area contributed by atoms with Crippen LogP contribution in [0.5, 0.6) is 0 Å². The molecule has 0 aliphatic carbocycles. The van der Waals surface area contributed by atoms with Gasteiger partial charge in [-0.2, -0.15) is 0 Å². The van der Waals surface area contributed by atoms with Crippen molar-refractivity contribution >= 4 is 33.3 Å². The topological polar surface area (TPSA) is 75.9 Å². The van der Waals surface area contributed by atoms with Gasteiger partial charge in [0, 0.05) is 10.0 Å². The first-order valence-electron chi connectivity index (χ1n) is 6.28. The predicted molar refractivity (Wildman–Crippen MR) is 81.2 cm³/mol. The lowest BCUT2D eigenvalue weighted by Gasteiger charge is -2.14. The van der Waals surface area contributed by atoms with Crippen molar-refractivity contribution in [3.63, 3.8) is 0 Å². The molecule has 0 atom stereocenters. The van der Waals surface area contributed by atoms with Crippen LogP contribution in [0, 0.1) is 11.6 Å². The maximum atomic E-state index is 13.9. The summed E-state index contributed by atoms with van der Waals surface area (Å²) in [6, 6.07) is 2.35. The molecule has 0 spiro atoms. The van der Waals surface area contributed by atoms with E-state index < -0.39 is 11.6 Å². The Morgan fingerprint density at radius 3 is 2.38 bits per heavy atom. The van der Waals surface area contributed by atoms with E-state index in [0.717, 1.165) is 6.42 Å². The molecule has 21 heavy (non-hydrogen) atoms. The van der Waals surface area contributed by atoms with Crippen molar-refractivity contribution in [3.8, 4) is 0 Å². The molecule has 0 radical (unpaired) electrons. The summed E-state index contributed by atoms with van der Waals surface area (Å²) in [5.41, 5.74) is 2.86. The first kappa shape index (κ1) is 15.6. The second kappa shape index (κ2) is 6.77. The Kier molecular flexibility index (Phi) is 5.03. The molecule has 0 saturated carbocycles. The van der Waals surface area contributed by atoms with E-state index in [0.29, 0.717) is 28.1 Å². The molecular formula is C13H14BrF2N5. The van der Waals surface area contributed by atoms with Crippen molar-refractivity contribution < 1.29 is 8.78 Å². The lowest BCUT2D eigenvalue weighted by atomic mass is 10.1. The molecule has 0 aliphatic heterocycles. The molecule has 0 aliphatic rings. The van der Waals surface area contributed by atoms with Crippen molar-refractivity contribution in [3.05, 3.63) is 40.1 Å². The molecule has 0 unspecified atom stereocenters. The number of halogens is 3. The number of rotatable bonds is 5. The van der Waals surface area contributed by atoms with Gasteiger partial charge in [-0.15, -0.1) is 0 Å². The zero-order valence-electron chi connectivity index (χ0n) is 11.3. The van der Waals surface area contributed by atoms with Gasteiger partial charge in [-0.25, -0.2) is 24.6 Å². The van der Waals surface area contributed by atoms with E-state index >= 15 is 0 Å². The Labute approximate surface area is 129 Å². The lowest BCUT2D eigenvalue weighted by molar-refractivity contribution is 0.589. The minimum Gasteiger partial charge on any atom is -0.335 e. The van der Waals surface area contributed by atoms with Gasteiger partial charge in [-0.1, -0.05) is 29.3 Å². The number of nitrogens with one attached hydrogen (secondary N) is 2. The van der Waals surface area contributed by atoms with Crippen LogP contribution in [0.2, 0.25) is 0 Å². The van der Waals surface area contributed by atoms with Gasteiger partial charge in [0.1, 0.15) is 23.7 Å². The van der Waals surface area contributed by atoms with E-state index in [1.165, 1.54) is 18.5 Å². The van der Waals surface area contributed by atoms with Crippen molar-refractivity contribution in [1.82, 2.24) is 9.97 Å². The average Bonchev–Trinajstić information content (AvgIpc) is 2.44. The first-order chi connectivity index (χ1) is 10.1. The number of hydrogen-bond donors (Lipinski definition) is 3. The summed E-state index contributed by atoms with van der Waals surface area (Å²) in [4.78, 5) is 8.04. The van der Waals surface area contributed by atoms with Crippen molar-refractivity contribution in [2.75, 3.05) is 10.7 Å². The van der Waals surface area contributed by atoms with Crippen molar-refractivity contribution in [2.45, 2.75) is 19.8 Å². The standard InChI is InChI=1S/C13H14BrF2N5/c1-2-3-8-12(18-6-19-13(8)21-17)20-11-9(15)4-7(14)5-10(11)16/h4-6H,2-3,17H2,1H3,(H2,18,19,20,21). The maximum absolute atomic E-state index is 13.9. The van der Waals surface area contributed by atoms with Crippen LogP contribution < -0.4 is 16.6 Å². The van der Waals surface area contributed by atoms with Crippen LogP contribution in [-0.4, -0.2) is 9.97 Å². The zero-order valence-corrected chi connectivity index (χ0v) is 12.8. The van der Waals surface area contributed by atoms with Gasteiger partial charge in [0.05, 0.1) is 0 Å².